The molecule has 3 aliphatic carbocycles. The van der Waals surface area contributed by atoms with Crippen molar-refractivity contribution in [3.05, 3.63) is 144 Å². The van der Waals surface area contributed by atoms with Crippen LogP contribution < -0.4 is 42.5 Å². The van der Waals surface area contributed by atoms with Crippen molar-refractivity contribution in [1.82, 2.24) is 52.3 Å². The fourth-order valence-corrected chi connectivity index (χ4v) is 13.8. The molecule has 4 aromatic carbocycles. The molecular formula is C68H90N10O8. The molecule has 18 heteroatoms. The first-order valence-corrected chi connectivity index (χ1v) is 31.7. The number of nitrogens with zero attached hydrogens (tertiary/aromatic N) is 2. The van der Waals surface area contributed by atoms with E-state index >= 15 is 9.59 Å². The van der Waals surface area contributed by atoms with Crippen LogP contribution in [0.25, 0.3) is 0 Å². The maximum absolute atomic E-state index is 15.1. The molecule has 2 aliphatic heterocycles. The molecule has 5 fully saturated rings. The second-order valence-corrected chi connectivity index (χ2v) is 24.8. The number of rotatable bonds is 22. The van der Waals surface area contributed by atoms with E-state index in [1.165, 1.54) is 0 Å². The average Bonchev–Trinajstić information content (AvgIpc) is 2.33. The van der Waals surface area contributed by atoms with Crippen LogP contribution in [0.3, 0.4) is 0 Å². The monoisotopic (exact) mass is 1170 g/mol. The van der Waals surface area contributed by atoms with Crippen LogP contribution in [0.4, 0.5) is 0 Å². The normalized spacial score (nSPS) is 23.3. The van der Waals surface area contributed by atoms with Gasteiger partial charge in [0.05, 0.1) is 24.2 Å². The van der Waals surface area contributed by atoms with Crippen LogP contribution in [-0.2, 0) is 38.4 Å². The Morgan fingerprint density at radius 3 is 0.988 bits per heavy atom. The number of likely N-dealkylation sites (tertiary alicyclic amines) is 2. The Morgan fingerprint density at radius 2 is 0.698 bits per heavy atom. The Hall–Kier alpha value is -7.44. The summed E-state index contributed by atoms with van der Waals surface area (Å²) < 4.78 is 0. The van der Waals surface area contributed by atoms with Crippen molar-refractivity contribution in [1.29, 1.82) is 0 Å². The molecule has 86 heavy (non-hydrogen) atoms. The maximum atomic E-state index is 15.1. The van der Waals surface area contributed by atoms with Crippen molar-refractivity contribution in [2.45, 2.75) is 177 Å². The number of carbonyl (C=O) groups excluding carboxylic acids is 8. The molecule has 8 N–H and O–H groups in total. The van der Waals surface area contributed by atoms with Gasteiger partial charge in [0.25, 0.3) is 0 Å². The fourth-order valence-electron chi connectivity index (χ4n) is 13.8. The Kier molecular flexibility index (Phi) is 22.2. The summed E-state index contributed by atoms with van der Waals surface area (Å²) in [6.07, 6.45) is 10.9. The van der Waals surface area contributed by atoms with Crippen LogP contribution in [0.2, 0.25) is 0 Å². The van der Waals surface area contributed by atoms with E-state index in [-0.39, 0.29) is 85.0 Å². The third-order valence-corrected chi connectivity index (χ3v) is 19.1. The van der Waals surface area contributed by atoms with Gasteiger partial charge in [0.1, 0.15) is 24.2 Å². The molecule has 2 heterocycles. The molecule has 3 saturated carbocycles. The van der Waals surface area contributed by atoms with Gasteiger partial charge in [-0.25, -0.2) is 0 Å². The second-order valence-electron chi connectivity index (χ2n) is 24.8. The average molecular weight is 1180 g/mol. The summed E-state index contributed by atoms with van der Waals surface area (Å²) in [6.45, 7) is 3.63. The molecule has 0 aromatic heterocycles. The Morgan fingerprint density at radius 1 is 0.395 bits per heavy atom. The Labute approximate surface area is 507 Å². The first kappa shape index (κ1) is 63.1. The lowest BCUT2D eigenvalue weighted by Crippen LogP contribution is -2.58. The van der Waals surface area contributed by atoms with E-state index in [1.807, 2.05) is 121 Å². The maximum Gasteiger partial charge on any atom is 0.246 e. The van der Waals surface area contributed by atoms with Crippen LogP contribution in [0.1, 0.15) is 151 Å². The van der Waals surface area contributed by atoms with Gasteiger partial charge >= 0.3 is 0 Å². The topological polar surface area (TPSA) is 239 Å². The lowest BCUT2D eigenvalue weighted by molar-refractivity contribution is -0.143. The zero-order valence-corrected chi connectivity index (χ0v) is 50.5. The molecular weight excluding hydrogens is 1080 g/mol. The number of hydrogen-bond donors (Lipinski definition) is 8. The zero-order chi connectivity index (χ0) is 60.7. The van der Waals surface area contributed by atoms with Crippen molar-refractivity contribution >= 4 is 47.3 Å². The molecule has 0 bridgehead atoms. The van der Waals surface area contributed by atoms with Gasteiger partial charge in [-0.3, -0.25) is 38.4 Å². The zero-order valence-electron chi connectivity index (χ0n) is 50.5. The number of nitrogens with one attached hydrogen (secondary N) is 8. The van der Waals surface area contributed by atoms with Gasteiger partial charge in [-0.2, -0.15) is 0 Å². The van der Waals surface area contributed by atoms with Gasteiger partial charge in [0.15, 0.2) is 0 Å². The summed E-state index contributed by atoms with van der Waals surface area (Å²) in [5.41, 5.74) is 3.48. The summed E-state index contributed by atoms with van der Waals surface area (Å²) in [6, 6.07) is 31.7. The van der Waals surface area contributed by atoms with Gasteiger partial charge in [-0.15, -0.1) is 0 Å². The highest BCUT2D eigenvalue weighted by molar-refractivity contribution is 5.96. The highest BCUT2D eigenvalue weighted by Gasteiger charge is 2.48. The second kappa shape index (κ2) is 30.3. The molecule has 5 aliphatic rings. The summed E-state index contributed by atoms with van der Waals surface area (Å²) in [7, 11) is 3.39. The highest BCUT2D eigenvalue weighted by atomic mass is 16.2. The minimum atomic E-state index is -0.951. The third kappa shape index (κ3) is 15.8. The standard InChI is InChI=1S/C68H90N10O8/c1-43(69-3)61(79)75-59(49-31-19-9-20-32-49)67(85)77-41-53(39-55(77)65(83)73-57(45-23-11-5-12-24-45)46-25-13-6-14-26-46)71-63(81)51-35-37-52(38-36-51)64(82)72-54-40-56(66(84)74-58(47-27-15-7-16-28-47)48-29-17-8-18-30-48)78(42-54)68(86)60(50-33-21-10-22-34-50)76-62(80)44(2)70-4/h5-8,11-18,23-30,43-44,49-60,69-70H,9-10,19-22,31-42H2,1-4H3,(H,71,81)(H,72,82)(H,73,83)(H,74,84)(H,75,79)(H,76,80)/t43-,44-,51?,52?,53-,54-,55-,56?,59-,60-/m0/s1. The molecule has 460 valence electrons. The predicted molar refractivity (Wildman–Crippen MR) is 329 cm³/mol. The Bertz CT molecular complexity index is 2640. The van der Waals surface area contributed by atoms with Crippen LogP contribution in [0, 0.1) is 23.7 Å². The SMILES string of the molecule is CN[C@@H](C)C(=O)N[C@H](C(=O)N1C[C@@H](NC(=O)C2CCC(C(=O)N[C@H]3C[C@@H](C(=O)NC(c4ccccc4)c4ccccc4)N(C(=O)[C@@H](NC(=O)[C@H](C)NC)C4CCCCC4)C3)CC2)CC1C(=O)NC(c1ccccc1)c1ccccc1)C1CCCCC1. The first-order valence-electron chi connectivity index (χ1n) is 31.7. The van der Waals surface area contributed by atoms with Crippen molar-refractivity contribution in [2.75, 3.05) is 27.2 Å². The van der Waals surface area contributed by atoms with Gasteiger partial charge in [0.2, 0.25) is 47.3 Å². The highest BCUT2D eigenvalue weighted by Crippen LogP contribution is 2.35. The van der Waals surface area contributed by atoms with Gasteiger partial charge < -0.3 is 52.3 Å². The Balaban J connectivity index is 0.886. The van der Waals surface area contributed by atoms with Gasteiger partial charge in [0, 0.05) is 37.0 Å². The van der Waals surface area contributed by atoms with E-state index in [2.05, 4.69) is 42.5 Å². The lowest BCUT2D eigenvalue weighted by atomic mass is 9.81. The van der Waals surface area contributed by atoms with Crippen LogP contribution >= 0.6 is 0 Å². The summed E-state index contributed by atoms with van der Waals surface area (Å²) in [5, 5.41) is 25.1. The van der Waals surface area contributed by atoms with Crippen LogP contribution in [-0.4, -0.2) is 133 Å². The smallest absolute Gasteiger partial charge is 0.246 e. The summed E-state index contributed by atoms with van der Waals surface area (Å²) in [4.78, 5) is 119. The lowest BCUT2D eigenvalue weighted by Gasteiger charge is -2.35. The molecule has 8 amide bonds. The number of likely N-dealkylation sites (N-methyl/N-ethyl adjacent to an activating group) is 2. The molecule has 9 rings (SSSR count). The minimum Gasteiger partial charge on any atom is -0.351 e. The van der Waals surface area contributed by atoms with E-state index in [4.69, 9.17) is 0 Å². The van der Waals surface area contributed by atoms with Crippen molar-refractivity contribution in [2.24, 2.45) is 23.7 Å². The van der Waals surface area contributed by atoms with Crippen LogP contribution in [0.5, 0.6) is 0 Å². The molecule has 0 spiro atoms. The predicted octanol–water partition coefficient (Wildman–Crippen LogP) is 6.12. The largest absolute Gasteiger partial charge is 0.351 e. The van der Waals surface area contributed by atoms with E-state index in [0.717, 1.165) is 86.5 Å². The van der Waals surface area contributed by atoms with Gasteiger partial charge in [-0.05, 0) is 126 Å². The van der Waals surface area contributed by atoms with Crippen molar-refractivity contribution in [3.63, 3.8) is 0 Å². The van der Waals surface area contributed by atoms with Crippen LogP contribution in [0.15, 0.2) is 121 Å². The summed E-state index contributed by atoms with van der Waals surface area (Å²) >= 11 is 0. The van der Waals surface area contributed by atoms with E-state index in [0.29, 0.717) is 25.7 Å². The molecule has 18 nitrogen and oxygen atoms in total. The molecule has 4 aromatic rings. The third-order valence-electron chi connectivity index (χ3n) is 19.1. The summed E-state index contributed by atoms with van der Waals surface area (Å²) in [5.74, 6) is -3.52. The number of hydrogen-bond acceptors (Lipinski definition) is 10. The van der Waals surface area contributed by atoms with Crippen molar-refractivity contribution < 1.29 is 38.4 Å². The number of carbonyl (C=O) groups is 8. The quantitative estimate of drug-likeness (QED) is 0.0449. The van der Waals surface area contributed by atoms with Crippen molar-refractivity contribution in [3.8, 4) is 0 Å². The number of benzene rings is 4. The fraction of sp³-hybridized carbons (Fsp3) is 0.529. The first-order chi connectivity index (χ1) is 41.7. The molecule has 2 saturated heterocycles. The van der Waals surface area contributed by atoms with Gasteiger partial charge in [-0.1, -0.05) is 160 Å². The molecule has 8 atom stereocenters. The molecule has 0 radical (unpaired) electrons. The molecule has 1 unspecified atom stereocenters. The number of amides is 8. The van der Waals surface area contributed by atoms with E-state index in [1.54, 1.807) is 37.7 Å². The van der Waals surface area contributed by atoms with E-state index < -0.39 is 72.3 Å². The van der Waals surface area contributed by atoms with E-state index in [9.17, 15) is 28.8 Å². The minimum absolute atomic E-state index is 0.0738.